The number of carbonyl (C=O) groups is 2. The summed E-state index contributed by atoms with van der Waals surface area (Å²) in [6.07, 6.45) is 0. The van der Waals surface area contributed by atoms with Crippen molar-refractivity contribution in [2.24, 2.45) is 5.73 Å². The highest BCUT2D eigenvalue weighted by Gasteiger charge is 2.15. The van der Waals surface area contributed by atoms with Gasteiger partial charge in [-0.3, -0.25) is 4.79 Å². The van der Waals surface area contributed by atoms with Crippen molar-refractivity contribution >= 4 is 11.9 Å². The Morgan fingerprint density at radius 1 is 1.46 bits per heavy atom. The predicted octanol–water partition coefficient (Wildman–Crippen LogP) is 0.187. The molecule has 1 aromatic rings. The summed E-state index contributed by atoms with van der Waals surface area (Å²) < 4.78 is 0. The van der Waals surface area contributed by atoms with Crippen LogP contribution in [0.1, 0.15) is 26.5 Å². The van der Waals surface area contributed by atoms with Crippen molar-refractivity contribution in [3.05, 3.63) is 29.1 Å². The lowest BCUT2D eigenvalue weighted by molar-refractivity contribution is 0.0691. The monoisotopic (exact) mass is 180 g/mol. The Labute approximate surface area is 74.2 Å². The summed E-state index contributed by atoms with van der Waals surface area (Å²) in [4.78, 5) is 25.1. The van der Waals surface area contributed by atoms with Gasteiger partial charge in [-0.1, -0.05) is 0 Å². The van der Waals surface area contributed by atoms with E-state index >= 15 is 0 Å². The number of primary amides is 1. The number of nitrogens with two attached hydrogens (primary N) is 1. The van der Waals surface area contributed by atoms with Crippen LogP contribution in [0.3, 0.4) is 0 Å². The molecule has 0 aliphatic rings. The highest BCUT2D eigenvalue weighted by molar-refractivity contribution is 6.02. The quantitative estimate of drug-likeness (QED) is 0.679. The summed E-state index contributed by atoms with van der Waals surface area (Å²) in [5, 5.41) is 8.66. The molecule has 5 heteroatoms. The molecule has 0 unspecified atom stereocenters. The smallest absolute Gasteiger partial charge is 0.338 e. The van der Waals surface area contributed by atoms with Crippen molar-refractivity contribution in [2.75, 3.05) is 0 Å². The van der Waals surface area contributed by atoms with Gasteiger partial charge in [0.2, 0.25) is 0 Å². The molecule has 1 heterocycles. The molecule has 0 aromatic carbocycles. The van der Waals surface area contributed by atoms with Crippen molar-refractivity contribution in [1.82, 2.24) is 4.98 Å². The standard InChI is InChI=1S/C8H8N2O3/c1-4-2-3-5(8(12)13)6(10-4)7(9)11/h2-3H,1H3,(H2,9,11)(H,12,13). The summed E-state index contributed by atoms with van der Waals surface area (Å²) in [7, 11) is 0. The average Bonchev–Trinajstić information content (AvgIpc) is 2.03. The second-order valence-electron chi connectivity index (χ2n) is 2.52. The van der Waals surface area contributed by atoms with Crippen LogP contribution in [0.5, 0.6) is 0 Å². The lowest BCUT2D eigenvalue weighted by Crippen LogP contribution is -2.18. The van der Waals surface area contributed by atoms with Gasteiger partial charge in [-0.25, -0.2) is 9.78 Å². The number of hydrogen-bond acceptors (Lipinski definition) is 3. The van der Waals surface area contributed by atoms with Crippen LogP contribution in [0, 0.1) is 6.92 Å². The van der Waals surface area contributed by atoms with Gasteiger partial charge in [0.15, 0.2) is 0 Å². The second kappa shape index (κ2) is 3.22. The average molecular weight is 180 g/mol. The molecule has 5 nitrogen and oxygen atoms in total. The maximum atomic E-state index is 10.8. The third-order valence-electron chi connectivity index (χ3n) is 1.50. The fourth-order valence-corrected chi connectivity index (χ4v) is 0.917. The van der Waals surface area contributed by atoms with Crippen molar-refractivity contribution in [2.45, 2.75) is 6.92 Å². The highest BCUT2D eigenvalue weighted by Crippen LogP contribution is 2.06. The lowest BCUT2D eigenvalue weighted by atomic mass is 10.1. The van der Waals surface area contributed by atoms with Crippen molar-refractivity contribution in [3.63, 3.8) is 0 Å². The molecule has 0 saturated heterocycles. The van der Waals surface area contributed by atoms with E-state index in [9.17, 15) is 9.59 Å². The minimum atomic E-state index is -1.21. The van der Waals surface area contributed by atoms with Gasteiger partial charge in [0.25, 0.3) is 5.91 Å². The van der Waals surface area contributed by atoms with Crippen LogP contribution in [-0.2, 0) is 0 Å². The molecule has 0 atom stereocenters. The summed E-state index contributed by atoms with van der Waals surface area (Å²) in [6, 6.07) is 2.82. The van der Waals surface area contributed by atoms with Crippen LogP contribution >= 0.6 is 0 Å². The summed E-state index contributed by atoms with van der Waals surface area (Å²) in [5.41, 5.74) is 5.14. The fraction of sp³-hybridized carbons (Fsp3) is 0.125. The molecule has 0 fully saturated rings. The number of carboxylic acid groups (broad SMARTS) is 1. The zero-order valence-electron chi connectivity index (χ0n) is 6.94. The summed E-state index contributed by atoms with van der Waals surface area (Å²) in [6.45, 7) is 1.65. The number of aryl methyl sites for hydroxylation is 1. The Morgan fingerprint density at radius 3 is 2.54 bits per heavy atom. The second-order valence-corrected chi connectivity index (χ2v) is 2.52. The normalized spacial score (nSPS) is 9.62. The Bertz CT molecular complexity index is 374. The molecule has 13 heavy (non-hydrogen) atoms. The summed E-state index contributed by atoms with van der Waals surface area (Å²) >= 11 is 0. The zero-order valence-corrected chi connectivity index (χ0v) is 6.94. The minimum Gasteiger partial charge on any atom is -0.478 e. The number of pyridine rings is 1. The largest absolute Gasteiger partial charge is 0.478 e. The fourth-order valence-electron chi connectivity index (χ4n) is 0.917. The van der Waals surface area contributed by atoms with Crippen LogP contribution in [0.4, 0.5) is 0 Å². The topological polar surface area (TPSA) is 93.3 Å². The first-order chi connectivity index (χ1) is 6.02. The lowest BCUT2D eigenvalue weighted by Gasteiger charge is -2.01. The van der Waals surface area contributed by atoms with Crippen molar-refractivity contribution in [1.29, 1.82) is 0 Å². The third-order valence-corrected chi connectivity index (χ3v) is 1.50. The predicted molar refractivity (Wildman–Crippen MR) is 44.5 cm³/mol. The van der Waals surface area contributed by atoms with Crippen LogP contribution < -0.4 is 5.73 Å². The van der Waals surface area contributed by atoms with Gasteiger partial charge < -0.3 is 10.8 Å². The van der Waals surface area contributed by atoms with E-state index in [0.29, 0.717) is 5.69 Å². The van der Waals surface area contributed by atoms with E-state index in [0.717, 1.165) is 0 Å². The third kappa shape index (κ3) is 1.81. The van der Waals surface area contributed by atoms with Crippen LogP contribution in [0.15, 0.2) is 12.1 Å². The zero-order chi connectivity index (χ0) is 10.0. The molecule has 0 radical (unpaired) electrons. The minimum absolute atomic E-state index is 0.168. The Morgan fingerprint density at radius 2 is 2.08 bits per heavy atom. The molecule has 0 aliphatic carbocycles. The number of rotatable bonds is 2. The van der Waals surface area contributed by atoms with Crippen LogP contribution in [0.25, 0.3) is 0 Å². The van der Waals surface area contributed by atoms with Gasteiger partial charge in [0.05, 0.1) is 5.56 Å². The number of nitrogens with zero attached hydrogens (tertiary/aromatic N) is 1. The maximum Gasteiger partial charge on any atom is 0.338 e. The molecular formula is C8H8N2O3. The Kier molecular flexibility index (Phi) is 2.27. The molecule has 1 aromatic heterocycles. The van der Waals surface area contributed by atoms with E-state index in [1.165, 1.54) is 12.1 Å². The molecule has 3 N–H and O–H groups in total. The number of aromatic carboxylic acids is 1. The molecule has 68 valence electrons. The van der Waals surface area contributed by atoms with Gasteiger partial charge in [-0.2, -0.15) is 0 Å². The maximum absolute atomic E-state index is 10.8. The number of hydrogen-bond donors (Lipinski definition) is 2. The number of aromatic nitrogens is 1. The molecule has 0 bridgehead atoms. The summed E-state index contributed by atoms with van der Waals surface area (Å²) in [5.74, 6) is -2.04. The van der Waals surface area contributed by atoms with Crippen LogP contribution in [-0.4, -0.2) is 22.0 Å². The van der Waals surface area contributed by atoms with E-state index in [4.69, 9.17) is 10.8 Å². The van der Waals surface area contributed by atoms with Gasteiger partial charge in [0, 0.05) is 5.69 Å². The van der Waals surface area contributed by atoms with E-state index in [2.05, 4.69) is 4.98 Å². The van der Waals surface area contributed by atoms with Crippen molar-refractivity contribution in [3.8, 4) is 0 Å². The highest BCUT2D eigenvalue weighted by atomic mass is 16.4. The number of carbonyl (C=O) groups excluding carboxylic acids is 1. The first kappa shape index (κ1) is 9.18. The van der Waals surface area contributed by atoms with Gasteiger partial charge in [-0.05, 0) is 19.1 Å². The van der Waals surface area contributed by atoms with Crippen LogP contribution in [0.2, 0.25) is 0 Å². The Balaban J connectivity index is 3.35. The Hall–Kier alpha value is -1.91. The number of carboxylic acids is 1. The van der Waals surface area contributed by atoms with Gasteiger partial charge in [-0.15, -0.1) is 0 Å². The SMILES string of the molecule is Cc1ccc(C(=O)O)c(C(N)=O)n1. The van der Waals surface area contributed by atoms with Gasteiger partial charge in [0.1, 0.15) is 5.69 Å². The molecule has 0 saturated carbocycles. The van der Waals surface area contributed by atoms with Crippen molar-refractivity contribution < 1.29 is 14.7 Å². The number of amides is 1. The van der Waals surface area contributed by atoms with E-state index in [1.807, 2.05) is 0 Å². The first-order valence-corrected chi connectivity index (χ1v) is 3.53. The molecule has 1 rings (SSSR count). The van der Waals surface area contributed by atoms with E-state index in [-0.39, 0.29) is 11.3 Å². The molecule has 1 amide bonds. The molecule has 0 aliphatic heterocycles. The molecular weight excluding hydrogens is 172 g/mol. The van der Waals surface area contributed by atoms with Gasteiger partial charge >= 0.3 is 5.97 Å². The molecule has 0 spiro atoms. The first-order valence-electron chi connectivity index (χ1n) is 3.53. The van der Waals surface area contributed by atoms with E-state index < -0.39 is 11.9 Å². The van der Waals surface area contributed by atoms with E-state index in [1.54, 1.807) is 6.92 Å².